The predicted molar refractivity (Wildman–Crippen MR) is 70.3 cm³/mol. The average Bonchev–Trinajstić information content (AvgIpc) is 3.07. The van der Waals surface area contributed by atoms with Crippen LogP contribution in [0.2, 0.25) is 5.02 Å². The van der Waals surface area contributed by atoms with Crippen LogP contribution in [0.25, 0.3) is 11.0 Å². The number of imidazole rings is 1. The van der Waals surface area contributed by atoms with E-state index in [-0.39, 0.29) is 12.5 Å². The minimum atomic E-state index is -0.0384. The molecule has 3 rings (SSSR count). The number of rotatable bonds is 3. The highest BCUT2D eigenvalue weighted by Gasteiger charge is 2.24. The molecule has 18 heavy (non-hydrogen) atoms. The molecule has 0 saturated heterocycles. The zero-order chi connectivity index (χ0) is 12.7. The second kappa shape index (κ2) is 4.17. The Morgan fingerprint density at radius 1 is 1.56 bits per heavy atom. The Bertz CT molecular complexity index is 618. The van der Waals surface area contributed by atoms with Crippen LogP contribution in [0.3, 0.4) is 0 Å². The van der Waals surface area contributed by atoms with E-state index in [1.54, 1.807) is 10.6 Å². The summed E-state index contributed by atoms with van der Waals surface area (Å²) in [6, 6.07) is 5.78. The largest absolute Gasteiger partial charge is 0.369 e. The first-order valence-corrected chi connectivity index (χ1v) is 6.22. The summed E-state index contributed by atoms with van der Waals surface area (Å²) in [4.78, 5) is 16.0. The van der Waals surface area contributed by atoms with Crippen LogP contribution in [0.5, 0.6) is 0 Å². The third kappa shape index (κ3) is 2.01. The molecule has 0 unspecified atom stereocenters. The standard InChI is InChI=1S/C12H13ClN4O/c13-8-2-1-3-9-11(8)16-12(14)17(9)6-10(18)15-7-4-5-7/h1-3,7H,4-6H2,(H2,14,16)(H,15,18). The number of nitrogen functional groups attached to an aromatic ring is 1. The molecule has 1 amide bonds. The first-order valence-electron chi connectivity index (χ1n) is 5.85. The van der Waals surface area contributed by atoms with Gasteiger partial charge in [0.15, 0.2) is 0 Å². The maximum absolute atomic E-state index is 11.8. The van der Waals surface area contributed by atoms with Gasteiger partial charge in [0.2, 0.25) is 11.9 Å². The number of amides is 1. The van der Waals surface area contributed by atoms with Crippen molar-refractivity contribution in [1.82, 2.24) is 14.9 Å². The number of aromatic nitrogens is 2. The third-order valence-corrected chi connectivity index (χ3v) is 3.31. The monoisotopic (exact) mass is 264 g/mol. The molecule has 5 nitrogen and oxygen atoms in total. The number of anilines is 1. The fourth-order valence-corrected chi connectivity index (χ4v) is 2.15. The fourth-order valence-electron chi connectivity index (χ4n) is 1.94. The van der Waals surface area contributed by atoms with Crippen LogP contribution in [0, 0.1) is 0 Å². The number of halogens is 1. The van der Waals surface area contributed by atoms with E-state index in [9.17, 15) is 4.79 Å². The minimum absolute atomic E-state index is 0.0384. The molecule has 1 aliphatic rings. The van der Waals surface area contributed by atoms with E-state index in [0.29, 0.717) is 22.5 Å². The van der Waals surface area contributed by atoms with Crippen molar-refractivity contribution < 1.29 is 4.79 Å². The first kappa shape index (κ1) is 11.3. The molecule has 1 fully saturated rings. The van der Waals surface area contributed by atoms with Crippen LogP contribution < -0.4 is 11.1 Å². The van der Waals surface area contributed by atoms with Crippen molar-refractivity contribution >= 4 is 34.5 Å². The molecule has 1 saturated carbocycles. The van der Waals surface area contributed by atoms with Gasteiger partial charge in [-0.05, 0) is 25.0 Å². The fraction of sp³-hybridized carbons (Fsp3) is 0.333. The number of benzene rings is 1. The zero-order valence-corrected chi connectivity index (χ0v) is 10.4. The van der Waals surface area contributed by atoms with E-state index in [1.165, 1.54) is 0 Å². The van der Waals surface area contributed by atoms with Gasteiger partial charge in [0.1, 0.15) is 12.1 Å². The van der Waals surface area contributed by atoms with Gasteiger partial charge in [-0.1, -0.05) is 17.7 Å². The van der Waals surface area contributed by atoms with Gasteiger partial charge >= 0.3 is 0 Å². The van der Waals surface area contributed by atoms with Crippen LogP contribution in [-0.4, -0.2) is 21.5 Å². The van der Waals surface area contributed by atoms with Gasteiger partial charge in [0, 0.05) is 6.04 Å². The van der Waals surface area contributed by atoms with Crippen molar-refractivity contribution in [3.8, 4) is 0 Å². The van der Waals surface area contributed by atoms with Crippen molar-refractivity contribution in [2.75, 3.05) is 5.73 Å². The highest BCUT2D eigenvalue weighted by Crippen LogP contribution is 2.25. The predicted octanol–water partition coefficient (Wildman–Crippen LogP) is 1.55. The summed E-state index contributed by atoms with van der Waals surface area (Å²) in [7, 11) is 0. The van der Waals surface area contributed by atoms with Gasteiger partial charge in [-0.15, -0.1) is 0 Å². The molecule has 2 aromatic rings. The number of carbonyl (C=O) groups is 1. The van der Waals surface area contributed by atoms with Crippen molar-refractivity contribution in [2.45, 2.75) is 25.4 Å². The van der Waals surface area contributed by atoms with Gasteiger partial charge in [-0.25, -0.2) is 4.98 Å². The lowest BCUT2D eigenvalue weighted by Gasteiger charge is -2.06. The molecule has 6 heteroatoms. The van der Waals surface area contributed by atoms with Crippen molar-refractivity contribution in [2.24, 2.45) is 0 Å². The van der Waals surface area contributed by atoms with Crippen LogP contribution in [0.1, 0.15) is 12.8 Å². The normalized spacial score (nSPS) is 14.9. The van der Waals surface area contributed by atoms with Crippen LogP contribution in [0.4, 0.5) is 5.95 Å². The molecule has 94 valence electrons. The Morgan fingerprint density at radius 3 is 3.06 bits per heavy atom. The number of fused-ring (bicyclic) bond motifs is 1. The van der Waals surface area contributed by atoms with Crippen molar-refractivity contribution in [3.63, 3.8) is 0 Å². The Kier molecular flexibility index (Phi) is 2.63. The number of hydrogen-bond donors (Lipinski definition) is 2. The number of nitrogens with one attached hydrogen (secondary N) is 1. The van der Waals surface area contributed by atoms with E-state index in [1.807, 2.05) is 12.1 Å². The quantitative estimate of drug-likeness (QED) is 0.883. The topological polar surface area (TPSA) is 72.9 Å². The molecule has 0 radical (unpaired) electrons. The summed E-state index contributed by atoms with van der Waals surface area (Å²) in [6.07, 6.45) is 2.13. The Hall–Kier alpha value is -1.75. The Balaban J connectivity index is 1.92. The van der Waals surface area contributed by atoms with Gasteiger partial charge in [-0.2, -0.15) is 0 Å². The molecular weight excluding hydrogens is 252 g/mol. The van der Waals surface area contributed by atoms with Crippen LogP contribution >= 0.6 is 11.6 Å². The van der Waals surface area contributed by atoms with Gasteiger partial charge < -0.3 is 15.6 Å². The van der Waals surface area contributed by atoms with E-state index < -0.39 is 0 Å². The number of carbonyl (C=O) groups excluding carboxylic acids is 1. The molecule has 0 bridgehead atoms. The summed E-state index contributed by atoms with van der Waals surface area (Å²) >= 11 is 6.04. The second-order valence-electron chi connectivity index (χ2n) is 4.51. The van der Waals surface area contributed by atoms with E-state index >= 15 is 0 Å². The first-order chi connectivity index (χ1) is 8.65. The summed E-state index contributed by atoms with van der Waals surface area (Å²) in [5.74, 6) is 0.271. The van der Waals surface area contributed by atoms with Crippen molar-refractivity contribution in [1.29, 1.82) is 0 Å². The number of hydrogen-bond acceptors (Lipinski definition) is 3. The average molecular weight is 265 g/mol. The number of nitrogens with zero attached hydrogens (tertiary/aromatic N) is 2. The molecule has 1 heterocycles. The Morgan fingerprint density at radius 2 is 2.33 bits per heavy atom. The molecule has 0 spiro atoms. The SMILES string of the molecule is Nc1nc2c(Cl)cccc2n1CC(=O)NC1CC1. The minimum Gasteiger partial charge on any atom is -0.369 e. The maximum Gasteiger partial charge on any atom is 0.240 e. The van der Waals surface area contributed by atoms with Gasteiger partial charge in [-0.3, -0.25) is 4.79 Å². The zero-order valence-electron chi connectivity index (χ0n) is 9.69. The summed E-state index contributed by atoms with van der Waals surface area (Å²) in [5.41, 5.74) is 7.25. The molecule has 1 aromatic heterocycles. The van der Waals surface area contributed by atoms with E-state index in [4.69, 9.17) is 17.3 Å². The molecular formula is C12H13ClN4O. The van der Waals surface area contributed by atoms with Crippen LogP contribution in [-0.2, 0) is 11.3 Å². The summed E-state index contributed by atoms with van der Waals surface area (Å²) < 4.78 is 1.68. The molecule has 1 aromatic carbocycles. The van der Waals surface area contributed by atoms with Gasteiger partial charge in [0.05, 0.1) is 10.5 Å². The lowest BCUT2D eigenvalue weighted by atomic mass is 10.3. The highest BCUT2D eigenvalue weighted by atomic mass is 35.5. The highest BCUT2D eigenvalue weighted by molar-refractivity contribution is 6.35. The van der Waals surface area contributed by atoms with Crippen LogP contribution in [0.15, 0.2) is 18.2 Å². The third-order valence-electron chi connectivity index (χ3n) is 3.00. The summed E-state index contributed by atoms with van der Waals surface area (Å²) in [6.45, 7) is 0.180. The maximum atomic E-state index is 11.8. The summed E-state index contributed by atoms with van der Waals surface area (Å²) in [5, 5.41) is 3.46. The molecule has 3 N–H and O–H groups in total. The van der Waals surface area contributed by atoms with Gasteiger partial charge in [0.25, 0.3) is 0 Å². The molecule has 0 atom stereocenters. The number of para-hydroxylation sites is 1. The smallest absolute Gasteiger partial charge is 0.240 e. The van der Waals surface area contributed by atoms with E-state index in [2.05, 4.69) is 10.3 Å². The van der Waals surface area contributed by atoms with Crippen molar-refractivity contribution in [3.05, 3.63) is 23.2 Å². The molecule has 0 aliphatic heterocycles. The van der Waals surface area contributed by atoms with E-state index in [0.717, 1.165) is 18.4 Å². The lowest BCUT2D eigenvalue weighted by Crippen LogP contribution is -2.29. The Labute approximate surface area is 109 Å². The molecule has 1 aliphatic carbocycles. The number of nitrogens with two attached hydrogens (primary N) is 1. The second-order valence-corrected chi connectivity index (χ2v) is 4.91. The lowest BCUT2D eigenvalue weighted by molar-refractivity contribution is -0.121.